The predicted molar refractivity (Wildman–Crippen MR) is 150 cm³/mol. The summed E-state index contributed by atoms with van der Waals surface area (Å²) in [4.78, 5) is 59.6. The van der Waals surface area contributed by atoms with Crippen molar-refractivity contribution >= 4 is 41.2 Å². The molecule has 3 atom stereocenters. The van der Waals surface area contributed by atoms with Gasteiger partial charge in [0.15, 0.2) is 0 Å². The summed E-state index contributed by atoms with van der Waals surface area (Å²) in [6.07, 6.45) is 13.5. The van der Waals surface area contributed by atoms with Crippen LogP contribution in [0, 0.1) is 18.3 Å². The fourth-order valence-electron chi connectivity index (χ4n) is 3.60. The highest BCUT2D eigenvalue weighted by atomic mass is 32.2. The highest BCUT2D eigenvalue weighted by Crippen LogP contribution is 2.10. The van der Waals surface area contributed by atoms with E-state index >= 15 is 0 Å². The molecule has 0 unspecified atom stereocenters. The maximum Gasteiger partial charge on any atom is 0.303 e. The number of carbonyl (C=O) groups excluding carboxylic acids is 4. The third-order valence-corrected chi connectivity index (χ3v) is 7.13. The van der Waals surface area contributed by atoms with Gasteiger partial charge in [-0.2, -0.15) is 11.8 Å². The number of carbonyl (C=O) groups is 5. The number of rotatable bonds is 23. The minimum atomic E-state index is -0.918. The lowest BCUT2D eigenvalue weighted by molar-refractivity contribution is -0.137. The van der Waals surface area contributed by atoms with Gasteiger partial charge in [0.05, 0.1) is 5.75 Å². The van der Waals surface area contributed by atoms with Crippen LogP contribution in [-0.4, -0.2) is 71.3 Å². The topological polar surface area (TPSA) is 168 Å². The van der Waals surface area contributed by atoms with Gasteiger partial charge in [0, 0.05) is 31.1 Å². The standard InChI is InChI=1S/C27H46N4O6S/c1-4-13-22(26(36)29-17-12-10-8-6-5-7-9-11-14-24(33)34)31-27(37)23(15-16-28)30-25(35)20(2)18-38-19-21(3)32/h1,20,22-23H,5-19,28H2,2-3H3,(H,29,36)(H,30,35)(H,31,37)(H,33,34)/t20-,22-,23-/m0/s1. The summed E-state index contributed by atoms with van der Waals surface area (Å²) < 4.78 is 0. The smallest absolute Gasteiger partial charge is 0.303 e. The molecule has 0 saturated heterocycles. The number of carboxylic acids is 1. The Morgan fingerprint density at radius 1 is 0.895 bits per heavy atom. The number of Topliss-reactive ketones (excluding diaryl/α,β-unsaturated/α-hetero) is 1. The Morgan fingerprint density at radius 2 is 1.47 bits per heavy atom. The second kappa shape index (κ2) is 22.4. The lowest BCUT2D eigenvalue weighted by atomic mass is 10.1. The predicted octanol–water partition coefficient (Wildman–Crippen LogP) is 2.00. The second-order valence-corrected chi connectivity index (χ2v) is 10.5. The van der Waals surface area contributed by atoms with Crippen LogP contribution in [0.15, 0.2) is 0 Å². The summed E-state index contributed by atoms with van der Waals surface area (Å²) >= 11 is 1.36. The number of ketones is 1. The maximum absolute atomic E-state index is 12.9. The Hall–Kier alpha value is -2.58. The van der Waals surface area contributed by atoms with Crippen molar-refractivity contribution in [2.75, 3.05) is 24.6 Å². The third-order valence-electron chi connectivity index (χ3n) is 5.78. The molecule has 0 aromatic heterocycles. The monoisotopic (exact) mass is 554 g/mol. The van der Waals surface area contributed by atoms with Gasteiger partial charge in [-0.3, -0.25) is 24.0 Å². The lowest BCUT2D eigenvalue weighted by Gasteiger charge is -2.23. The van der Waals surface area contributed by atoms with E-state index in [0.29, 0.717) is 18.1 Å². The summed E-state index contributed by atoms with van der Waals surface area (Å²) in [5, 5.41) is 16.8. The number of thioether (sulfide) groups is 1. The van der Waals surface area contributed by atoms with Crippen molar-refractivity contribution < 1.29 is 29.1 Å². The van der Waals surface area contributed by atoms with Crippen LogP contribution in [0.1, 0.15) is 84.5 Å². The number of aliphatic carboxylic acids is 1. The molecule has 11 heteroatoms. The number of terminal acetylenes is 1. The van der Waals surface area contributed by atoms with E-state index in [2.05, 4.69) is 21.9 Å². The van der Waals surface area contributed by atoms with Crippen LogP contribution in [0.3, 0.4) is 0 Å². The van der Waals surface area contributed by atoms with Crippen LogP contribution in [-0.2, 0) is 24.0 Å². The zero-order valence-corrected chi connectivity index (χ0v) is 23.7. The number of carboxylic acid groups (broad SMARTS) is 1. The molecule has 0 aliphatic carbocycles. The van der Waals surface area contributed by atoms with E-state index in [-0.39, 0.29) is 43.4 Å². The zero-order valence-electron chi connectivity index (χ0n) is 22.9. The average Bonchev–Trinajstić information content (AvgIpc) is 2.85. The summed E-state index contributed by atoms with van der Waals surface area (Å²) in [5.74, 6) is 0.827. The molecule has 3 amide bonds. The highest BCUT2D eigenvalue weighted by molar-refractivity contribution is 7.99. The average molecular weight is 555 g/mol. The molecule has 0 heterocycles. The van der Waals surface area contributed by atoms with Crippen LogP contribution in [0.4, 0.5) is 0 Å². The molecule has 0 fully saturated rings. The molecule has 0 aromatic carbocycles. The maximum atomic E-state index is 12.9. The molecule has 0 bridgehead atoms. The Balaban J connectivity index is 4.47. The van der Waals surface area contributed by atoms with Gasteiger partial charge in [0.1, 0.15) is 17.9 Å². The van der Waals surface area contributed by atoms with Crippen LogP contribution < -0.4 is 21.7 Å². The Labute approximate surface area is 231 Å². The zero-order chi connectivity index (χ0) is 28.8. The fraction of sp³-hybridized carbons (Fsp3) is 0.741. The van der Waals surface area contributed by atoms with Gasteiger partial charge in [-0.25, -0.2) is 0 Å². The van der Waals surface area contributed by atoms with Crippen LogP contribution in [0.25, 0.3) is 0 Å². The first-order valence-corrected chi connectivity index (χ1v) is 14.6. The first-order chi connectivity index (χ1) is 18.1. The first-order valence-electron chi connectivity index (χ1n) is 13.4. The quantitative estimate of drug-likeness (QED) is 0.0944. The van der Waals surface area contributed by atoms with E-state index in [4.69, 9.17) is 17.3 Å². The van der Waals surface area contributed by atoms with Crippen molar-refractivity contribution in [2.45, 2.75) is 96.6 Å². The summed E-state index contributed by atoms with van der Waals surface area (Å²) in [7, 11) is 0. The van der Waals surface area contributed by atoms with E-state index < -0.39 is 29.9 Å². The van der Waals surface area contributed by atoms with Gasteiger partial charge < -0.3 is 26.8 Å². The van der Waals surface area contributed by atoms with Crippen molar-refractivity contribution in [3.05, 3.63) is 0 Å². The molecule has 38 heavy (non-hydrogen) atoms. The molecule has 0 radical (unpaired) electrons. The minimum Gasteiger partial charge on any atom is -0.481 e. The normalized spacial score (nSPS) is 13.0. The largest absolute Gasteiger partial charge is 0.481 e. The summed E-state index contributed by atoms with van der Waals surface area (Å²) in [5.41, 5.74) is 5.63. The molecule has 0 rings (SSSR count). The van der Waals surface area contributed by atoms with Gasteiger partial charge >= 0.3 is 5.97 Å². The van der Waals surface area contributed by atoms with Crippen LogP contribution in [0.5, 0.6) is 0 Å². The number of hydrogen-bond acceptors (Lipinski definition) is 7. The number of nitrogens with one attached hydrogen (secondary N) is 3. The van der Waals surface area contributed by atoms with Gasteiger partial charge in [0.2, 0.25) is 17.7 Å². The SMILES string of the molecule is C#CC[C@H](NC(=O)[C@H](CCN)NC(=O)[C@@H](C)CSCC(C)=O)C(=O)NCCCCCCCCCCC(=O)O. The third kappa shape index (κ3) is 18.6. The van der Waals surface area contributed by atoms with Gasteiger partial charge in [-0.15, -0.1) is 12.3 Å². The molecule has 0 aliphatic rings. The number of nitrogens with two attached hydrogens (primary N) is 1. The summed E-state index contributed by atoms with van der Waals surface area (Å²) in [6.45, 7) is 3.84. The van der Waals surface area contributed by atoms with Crippen molar-refractivity contribution in [2.24, 2.45) is 11.7 Å². The fourth-order valence-corrected chi connectivity index (χ4v) is 4.51. The Morgan fingerprint density at radius 3 is 2.03 bits per heavy atom. The lowest BCUT2D eigenvalue weighted by Crippen LogP contribution is -2.54. The van der Waals surface area contributed by atoms with Gasteiger partial charge in [-0.1, -0.05) is 45.4 Å². The summed E-state index contributed by atoms with van der Waals surface area (Å²) in [6, 6.07) is -1.82. The Kier molecular flexibility index (Phi) is 20.9. The second-order valence-electron chi connectivity index (χ2n) is 9.49. The number of amides is 3. The molecule has 0 aliphatic heterocycles. The number of unbranched alkanes of at least 4 members (excludes halogenated alkanes) is 7. The van der Waals surface area contributed by atoms with E-state index in [0.717, 1.165) is 51.4 Å². The van der Waals surface area contributed by atoms with E-state index in [9.17, 15) is 24.0 Å². The van der Waals surface area contributed by atoms with Crippen molar-refractivity contribution in [1.29, 1.82) is 0 Å². The highest BCUT2D eigenvalue weighted by Gasteiger charge is 2.27. The van der Waals surface area contributed by atoms with Crippen LogP contribution in [0.2, 0.25) is 0 Å². The van der Waals surface area contributed by atoms with Gasteiger partial charge in [-0.05, 0) is 32.7 Å². The van der Waals surface area contributed by atoms with E-state index in [1.165, 1.54) is 18.7 Å². The van der Waals surface area contributed by atoms with E-state index in [1.807, 2.05) is 0 Å². The van der Waals surface area contributed by atoms with Crippen molar-refractivity contribution in [3.63, 3.8) is 0 Å². The van der Waals surface area contributed by atoms with Crippen LogP contribution >= 0.6 is 11.8 Å². The number of hydrogen-bond donors (Lipinski definition) is 5. The molecule has 216 valence electrons. The van der Waals surface area contributed by atoms with Crippen molar-refractivity contribution in [1.82, 2.24) is 16.0 Å². The van der Waals surface area contributed by atoms with E-state index in [1.54, 1.807) is 6.92 Å². The van der Waals surface area contributed by atoms with Crippen molar-refractivity contribution in [3.8, 4) is 12.3 Å². The molecule has 0 spiro atoms. The molecule has 10 nitrogen and oxygen atoms in total. The first kappa shape index (κ1) is 35.4. The molecular weight excluding hydrogens is 508 g/mol. The molecule has 0 aromatic rings. The minimum absolute atomic E-state index is 0.0147. The Bertz CT molecular complexity index is 786. The molecule has 0 saturated carbocycles. The van der Waals surface area contributed by atoms with Gasteiger partial charge in [0.25, 0.3) is 0 Å². The molecular formula is C27H46N4O6S. The molecule has 6 N–H and O–H groups in total.